The number of aliphatic hydroxyl groups is 5. The van der Waals surface area contributed by atoms with Crippen molar-refractivity contribution >= 4 is 81.2 Å². The van der Waals surface area contributed by atoms with E-state index in [9.17, 15) is 65.0 Å². The van der Waals surface area contributed by atoms with E-state index in [1.54, 1.807) is 177 Å². The highest BCUT2D eigenvalue weighted by molar-refractivity contribution is 6.33. The zero-order valence-corrected chi connectivity index (χ0v) is 77.9. The minimum Gasteiger partial charge on any atom is -0.457 e. The van der Waals surface area contributed by atoms with Crippen molar-refractivity contribution in [1.29, 1.82) is 0 Å². The third kappa shape index (κ3) is 27.4. The molecule has 0 saturated heterocycles. The van der Waals surface area contributed by atoms with Gasteiger partial charge in [-0.15, -0.1) is 5.92 Å². The second-order valence-electron chi connectivity index (χ2n) is 32.1. The Morgan fingerprint density at radius 3 is 0.869 bits per heavy atom. The summed E-state index contributed by atoms with van der Waals surface area (Å²) in [6.07, 6.45) is 2.94. The molecule has 5 unspecified atom stereocenters. The molecule has 2 aliphatic rings. The lowest BCUT2D eigenvalue weighted by molar-refractivity contribution is -0.143. The summed E-state index contributed by atoms with van der Waals surface area (Å²) in [4.78, 5) is 19.1. The van der Waals surface area contributed by atoms with Crippen molar-refractivity contribution in [2.75, 3.05) is 0 Å². The van der Waals surface area contributed by atoms with Crippen molar-refractivity contribution in [2.45, 2.75) is 133 Å². The molecule has 5 atom stereocenters. The van der Waals surface area contributed by atoms with E-state index in [0.717, 1.165) is 31.0 Å². The SMILES string of the molecule is CC#CC(O)(Cn1cncn1)c1ccc(Oc2ccc(Cl)cc2)cc1Cl.CC(C)C(O)(Cn1cncn1)c1ccc(Oc2ccc(Cl)cc2)cc1C(F)(F)F.CC(O)(Cn1cncn1)c1ccc(Oc2ccc(Cl)cc2)cc1C(F)(F)F.OC(Cn1cncn1)(c1ccc(Oc2ccc(Cl)cc2)cc1C(F)(F)F)C1CC1.OC(Cn1cncn1)(c1ccc(Oc2ccc(Cl)cc2)cc1Cl)C1CC1. The van der Waals surface area contributed by atoms with Crippen LogP contribution in [0, 0.1) is 29.6 Å². The Morgan fingerprint density at radius 2 is 0.577 bits per heavy atom. The lowest BCUT2D eigenvalue weighted by Gasteiger charge is -2.34. The van der Waals surface area contributed by atoms with Crippen molar-refractivity contribution in [3.63, 3.8) is 0 Å². The van der Waals surface area contributed by atoms with Crippen LogP contribution in [-0.2, 0) is 79.3 Å². The number of halogens is 16. The summed E-state index contributed by atoms with van der Waals surface area (Å²) in [5.74, 6) is 8.37. The first-order valence-electron chi connectivity index (χ1n) is 41.6. The molecular formula is C96H83Cl7F9N15O10. The minimum atomic E-state index is -4.69. The molecule has 0 amide bonds. The van der Waals surface area contributed by atoms with Gasteiger partial charge in [0.05, 0.1) is 59.5 Å². The number of nitrogens with zero attached hydrogens (tertiary/aromatic N) is 15. The summed E-state index contributed by atoms with van der Waals surface area (Å²) in [6.45, 7) is 6.18. The minimum absolute atomic E-state index is 0.00439. The topological polar surface area (TPSA) is 301 Å². The molecule has 137 heavy (non-hydrogen) atoms. The molecule has 714 valence electrons. The number of alkyl halides is 9. The molecule has 0 bridgehead atoms. The highest BCUT2D eigenvalue weighted by atomic mass is 35.5. The van der Waals surface area contributed by atoms with E-state index in [1.807, 2.05) is 12.1 Å². The van der Waals surface area contributed by atoms with Crippen LogP contribution < -0.4 is 23.7 Å². The van der Waals surface area contributed by atoms with E-state index in [1.165, 1.54) is 119 Å². The maximum absolute atomic E-state index is 13.9. The van der Waals surface area contributed by atoms with Gasteiger partial charge in [0.15, 0.2) is 5.60 Å². The Bertz CT molecular complexity index is 6380. The van der Waals surface area contributed by atoms with Crippen molar-refractivity contribution < 1.29 is 88.7 Å². The third-order valence-electron chi connectivity index (χ3n) is 21.6. The zero-order valence-electron chi connectivity index (χ0n) is 72.6. The molecule has 15 aromatic rings. The second kappa shape index (κ2) is 44.0. The molecule has 2 saturated carbocycles. The molecule has 25 nitrogen and oxygen atoms in total. The Labute approximate surface area is 813 Å². The van der Waals surface area contributed by atoms with Crippen molar-refractivity contribution in [3.05, 3.63) is 355 Å². The van der Waals surface area contributed by atoms with Crippen LogP contribution in [0.5, 0.6) is 57.5 Å². The Morgan fingerprint density at radius 1 is 0.321 bits per heavy atom. The first-order chi connectivity index (χ1) is 65.0. The van der Waals surface area contributed by atoms with Gasteiger partial charge in [-0.25, -0.2) is 48.3 Å². The van der Waals surface area contributed by atoms with Crippen LogP contribution in [0.2, 0.25) is 35.2 Å². The van der Waals surface area contributed by atoms with Crippen LogP contribution in [0.15, 0.2) is 276 Å². The fraction of sp³-hybridized carbons (Fsp3) is 0.250. The van der Waals surface area contributed by atoms with Crippen molar-refractivity contribution in [2.24, 2.45) is 17.8 Å². The molecule has 0 radical (unpaired) electrons. The maximum Gasteiger partial charge on any atom is 0.416 e. The lowest BCUT2D eigenvalue weighted by Crippen LogP contribution is -2.39. The van der Waals surface area contributed by atoms with Gasteiger partial charge in [-0.05, 0) is 262 Å². The highest BCUT2D eigenvalue weighted by Gasteiger charge is 2.51. The van der Waals surface area contributed by atoms with E-state index >= 15 is 0 Å². The summed E-state index contributed by atoms with van der Waals surface area (Å²) in [5.41, 5.74) is -10.4. The van der Waals surface area contributed by atoms with Crippen LogP contribution in [0.4, 0.5) is 39.5 Å². The molecule has 2 aliphatic carbocycles. The van der Waals surface area contributed by atoms with Gasteiger partial charge in [0, 0.05) is 36.2 Å². The molecule has 41 heteroatoms. The fourth-order valence-corrected chi connectivity index (χ4v) is 15.9. The van der Waals surface area contributed by atoms with E-state index in [2.05, 4.69) is 62.3 Å². The number of rotatable bonds is 28. The first kappa shape index (κ1) is 102. The normalized spacial score (nSPS) is 14.7. The van der Waals surface area contributed by atoms with Crippen LogP contribution in [-0.4, -0.2) is 99.4 Å². The number of aromatic nitrogens is 15. The predicted molar refractivity (Wildman–Crippen MR) is 494 cm³/mol. The molecule has 0 aliphatic heterocycles. The van der Waals surface area contributed by atoms with Gasteiger partial charge >= 0.3 is 18.5 Å². The fourth-order valence-electron chi connectivity index (χ4n) is 14.6. The van der Waals surface area contributed by atoms with Crippen LogP contribution in [0.25, 0.3) is 0 Å². The lowest BCUT2D eigenvalue weighted by atomic mass is 9.80. The van der Waals surface area contributed by atoms with Crippen LogP contribution in [0.3, 0.4) is 0 Å². The predicted octanol–water partition coefficient (Wildman–Crippen LogP) is 23.9. The first-order valence-corrected chi connectivity index (χ1v) is 44.3. The van der Waals surface area contributed by atoms with E-state index in [-0.39, 0.29) is 72.0 Å². The smallest absolute Gasteiger partial charge is 0.416 e. The molecule has 17 rings (SSSR count). The van der Waals surface area contributed by atoms with Gasteiger partial charge in [0.1, 0.15) is 143 Å². The summed E-state index contributed by atoms with van der Waals surface area (Å²) in [7, 11) is 0. The summed E-state index contributed by atoms with van der Waals surface area (Å²) in [6, 6.07) is 53.8. The summed E-state index contributed by atoms with van der Waals surface area (Å²) >= 11 is 42.1. The van der Waals surface area contributed by atoms with E-state index in [0.29, 0.717) is 106 Å². The van der Waals surface area contributed by atoms with Crippen LogP contribution in [0.1, 0.15) is 97.9 Å². The van der Waals surface area contributed by atoms with Gasteiger partial charge in [0.2, 0.25) is 0 Å². The molecule has 5 aromatic heterocycles. The molecule has 5 heterocycles. The van der Waals surface area contributed by atoms with E-state index < -0.39 is 69.1 Å². The van der Waals surface area contributed by atoms with Crippen LogP contribution >= 0.6 is 81.2 Å². The number of ether oxygens (including phenoxy) is 5. The number of hydrogen-bond donors (Lipinski definition) is 5. The Kier molecular flexibility index (Phi) is 32.8. The van der Waals surface area contributed by atoms with Gasteiger partial charge in [-0.3, -0.25) is 0 Å². The van der Waals surface area contributed by atoms with Gasteiger partial charge in [0.25, 0.3) is 0 Å². The molecule has 10 aromatic carbocycles. The number of benzene rings is 10. The average molecular weight is 2030 g/mol. The zero-order chi connectivity index (χ0) is 98.3. The largest absolute Gasteiger partial charge is 0.457 e. The molecule has 2 fully saturated rings. The summed E-state index contributed by atoms with van der Waals surface area (Å²) < 4.78 is 159. The average Bonchev–Trinajstić information content (AvgIpc) is 1.65. The summed E-state index contributed by atoms with van der Waals surface area (Å²) in [5, 5.41) is 79.0. The van der Waals surface area contributed by atoms with Crippen molar-refractivity contribution in [1.82, 2.24) is 73.8 Å². The maximum atomic E-state index is 13.9. The Hall–Kier alpha value is -12.3. The molecule has 5 N–H and O–H groups in total. The van der Waals surface area contributed by atoms with Gasteiger partial charge in [-0.2, -0.15) is 65.0 Å². The Balaban J connectivity index is 0.000000145. The number of hydrogen-bond acceptors (Lipinski definition) is 20. The monoisotopic (exact) mass is 2020 g/mol. The molecular weight excluding hydrogens is 1940 g/mol. The quantitative estimate of drug-likeness (QED) is 0.0225. The van der Waals surface area contributed by atoms with E-state index in [4.69, 9.17) is 105 Å². The van der Waals surface area contributed by atoms with Crippen molar-refractivity contribution in [3.8, 4) is 69.3 Å². The molecule has 0 spiro atoms. The second-order valence-corrected chi connectivity index (χ2v) is 35.1. The standard InChI is InChI=1S/C20H17ClF3N3O2.C20H19ClF3N3O2.C19H17Cl2N3O2.C19H15Cl2N3O2.C18H15ClF3N3O2/c21-14-3-5-15(6-4-14)29-16-7-8-17(18(9-16)20(22,23)24)19(28,13-1-2-13)10-27-12-25-11-26-27;1-13(2)19(28,10-27-12-25-11-26-27)17-8-7-16(9-18(17)20(22,23)24)29-15-5-3-14(21)4-6-15;20-14-3-5-15(6-4-14)26-16-7-8-17(18(21)9-16)19(25,13-1-2-13)10-24-12-22-11-23-24;1-2-9-19(25,11-24-13-22-12-23-24)17-8-7-16(10-18(17)21)26-15-5-3-14(20)4-6-15;1-17(26,9-25-11-23-10-24-25)15-7-6-14(8-16(15)18(20,21)22)27-13-4-2-12(19)3-5-13/h3-9,11-13,28H,1-2,10H2;3-9,11-13,28H,10H2,1-2H3;3-9,11-13,25H,1-2,10H2;3-8,10,12-13,25H,11H2,1H3;2-8,10-11,26H,9H2,1H3. The van der Waals surface area contributed by atoms with Gasteiger partial charge < -0.3 is 49.2 Å². The van der Waals surface area contributed by atoms with Gasteiger partial charge in [-0.1, -0.05) is 125 Å². The third-order valence-corrected chi connectivity index (χ3v) is 23.5. The highest BCUT2D eigenvalue weighted by Crippen LogP contribution is 2.53.